The summed E-state index contributed by atoms with van der Waals surface area (Å²) in [5.74, 6) is 0.0625. The van der Waals surface area contributed by atoms with Crippen molar-refractivity contribution in [1.82, 2.24) is 0 Å². The van der Waals surface area contributed by atoms with Crippen LogP contribution in [0, 0.1) is 0 Å². The van der Waals surface area contributed by atoms with E-state index < -0.39 is 0 Å². The van der Waals surface area contributed by atoms with Gasteiger partial charge < -0.3 is 4.90 Å². The lowest BCUT2D eigenvalue weighted by atomic mass is 10.1. The molecule has 0 unspecified atom stereocenters. The molecule has 0 N–H and O–H groups in total. The number of nitrogens with zero attached hydrogens (tertiary/aromatic N) is 1. The van der Waals surface area contributed by atoms with Gasteiger partial charge in [0.15, 0.2) is 0 Å². The molecule has 2 rings (SSSR count). The minimum Gasteiger partial charge on any atom is -0.309 e. The third-order valence-corrected chi connectivity index (χ3v) is 4.19. The number of benzene rings is 2. The smallest absolute Gasteiger partial charge is 0.259 e. The molecule has 1 amide bonds. The largest absolute Gasteiger partial charge is 0.309 e. The topological polar surface area (TPSA) is 20.3 Å². The summed E-state index contributed by atoms with van der Waals surface area (Å²) in [6, 6.07) is 17.7. The van der Waals surface area contributed by atoms with E-state index in [1.54, 1.807) is 11.8 Å². The summed E-state index contributed by atoms with van der Waals surface area (Å²) < 4.78 is 0. The minimum absolute atomic E-state index is 0.0625. The highest BCUT2D eigenvalue weighted by Gasteiger charge is 2.19. The zero-order valence-corrected chi connectivity index (χ0v) is 13.6. The molecule has 21 heavy (non-hydrogen) atoms. The van der Waals surface area contributed by atoms with Crippen molar-refractivity contribution in [2.24, 2.45) is 0 Å². The average Bonchev–Trinajstić information content (AvgIpc) is 2.49. The van der Waals surface area contributed by atoms with Crippen LogP contribution in [0.1, 0.15) is 31.1 Å². The van der Waals surface area contributed by atoms with Crippen molar-refractivity contribution in [2.45, 2.75) is 30.9 Å². The minimum atomic E-state index is 0.0625. The lowest BCUT2D eigenvalue weighted by Gasteiger charge is -2.22. The summed E-state index contributed by atoms with van der Waals surface area (Å²) in [4.78, 5) is 15.8. The lowest BCUT2D eigenvalue weighted by Crippen LogP contribution is -2.31. The number of carbonyl (C=O) groups is 1. The van der Waals surface area contributed by atoms with E-state index in [1.807, 2.05) is 66.4 Å². The predicted molar refractivity (Wildman–Crippen MR) is 91.2 cm³/mol. The summed E-state index contributed by atoms with van der Waals surface area (Å²) in [7, 11) is 0. The van der Waals surface area contributed by atoms with Crippen LogP contribution in [0.25, 0.3) is 0 Å². The molecule has 110 valence electrons. The first kappa shape index (κ1) is 15.6. The fourth-order valence-electron chi connectivity index (χ4n) is 2.20. The van der Waals surface area contributed by atoms with Gasteiger partial charge in [-0.25, -0.2) is 0 Å². The first-order chi connectivity index (χ1) is 10.1. The molecule has 2 aromatic carbocycles. The normalized spacial score (nSPS) is 10.7. The third kappa shape index (κ3) is 3.88. The second-order valence-electron chi connectivity index (χ2n) is 5.05. The Balaban J connectivity index is 2.34. The summed E-state index contributed by atoms with van der Waals surface area (Å²) in [5, 5.41) is 0.450. The lowest BCUT2D eigenvalue weighted by molar-refractivity contribution is 0.0985. The van der Waals surface area contributed by atoms with Gasteiger partial charge in [0, 0.05) is 22.4 Å². The van der Waals surface area contributed by atoms with Gasteiger partial charge in [-0.2, -0.15) is 0 Å². The molecule has 0 aliphatic heterocycles. The predicted octanol–water partition coefficient (Wildman–Crippen LogP) is 4.85. The molecule has 0 spiro atoms. The van der Waals surface area contributed by atoms with Crippen LogP contribution in [0.4, 0.5) is 5.69 Å². The highest BCUT2D eigenvalue weighted by Crippen LogP contribution is 2.28. The highest BCUT2D eigenvalue weighted by molar-refractivity contribution is 8.00. The van der Waals surface area contributed by atoms with Gasteiger partial charge in [0.2, 0.25) is 0 Å². The van der Waals surface area contributed by atoms with Crippen molar-refractivity contribution >= 4 is 23.4 Å². The van der Waals surface area contributed by atoms with Crippen LogP contribution < -0.4 is 4.90 Å². The Morgan fingerprint density at radius 1 is 1.05 bits per heavy atom. The van der Waals surface area contributed by atoms with Crippen LogP contribution in [0.15, 0.2) is 59.5 Å². The van der Waals surface area contributed by atoms with Gasteiger partial charge in [-0.3, -0.25) is 4.79 Å². The number of para-hydroxylation sites is 1. The van der Waals surface area contributed by atoms with Crippen LogP contribution in [0.3, 0.4) is 0 Å². The summed E-state index contributed by atoms with van der Waals surface area (Å²) in [5.41, 5.74) is 1.72. The molecule has 0 atom stereocenters. The molecular formula is C18H21NOS. The quantitative estimate of drug-likeness (QED) is 0.735. The van der Waals surface area contributed by atoms with E-state index in [1.165, 1.54) is 0 Å². The maximum absolute atomic E-state index is 12.9. The standard InChI is InChI=1S/C18H21NOS/c1-4-19(15-10-6-5-7-11-15)18(20)16-12-8-9-13-17(16)21-14(2)3/h5-14H,4H2,1-3H3. The van der Waals surface area contributed by atoms with Gasteiger partial charge >= 0.3 is 0 Å². The molecule has 3 heteroatoms. The van der Waals surface area contributed by atoms with Crippen LogP contribution in [-0.2, 0) is 0 Å². The van der Waals surface area contributed by atoms with Gasteiger partial charge in [-0.1, -0.05) is 44.2 Å². The summed E-state index contributed by atoms with van der Waals surface area (Å²) in [6.45, 7) is 6.94. The molecule has 0 aliphatic rings. The van der Waals surface area contributed by atoms with Crippen molar-refractivity contribution in [1.29, 1.82) is 0 Å². The molecule has 0 saturated carbocycles. The highest BCUT2D eigenvalue weighted by atomic mass is 32.2. The van der Waals surface area contributed by atoms with Gasteiger partial charge in [0.25, 0.3) is 5.91 Å². The van der Waals surface area contributed by atoms with Gasteiger partial charge in [0.05, 0.1) is 5.56 Å². The van der Waals surface area contributed by atoms with E-state index in [0.29, 0.717) is 11.8 Å². The number of hydrogen-bond acceptors (Lipinski definition) is 2. The maximum Gasteiger partial charge on any atom is 0.259 e. The van der Waals surface area contributed by atoms with E-state index in [9.17, 15) is 4.79 Å². The van der Waals surface area contributed by atoms with E-state index in [2.05, 4.69) is 13.8 Å². The van der Waals surface area contributed by atoms with Crippen molar-refractivity contribution in [3.05, 3.63) is 60.2 Å². The number of rotatable bonds is 5. The van der Waals surface area contributed by atoms with Gasteiger partial charge in [-0.05, 0) is 31.2 Å². The number of carbonyl (C=O) groups excluding carboxylic acids is 1. The molecule has 0 saturated heterocycles. The van der Waals surface area contributed by atoms with Crippen LogP contribution in [0.5, 0.6) is 0 Å². The van der Waals surface area contributed by atoms with Gasteiger partial charge in [-0.15, -0.1) is 11.8 Å². The Morgan fingerprint density at radius 3 is 2.29 bits per heavy atom. The molecular weight excluding hydrogens is 278 g/mol. The van der Waals surface area contributed by atoms with Gasteiger partial charge in [0.1, 0.15) is 0 Å². The first-order valence-electron chi connectivity index (χ1n) is 7.26. The molecule has 0 fully saturated rings. The maximum atomic E-state index is 12.9. The molecule has 0 bridgehead atoms. The number of hydrogen-bond donors (Lipinski definition) is 0. The average molecular weight is 299 g/mol. The van der Waals surface area contributed by atoms with E-state index >= 15 is 0 Å². The second kappa shape index (κ2) is 7.32. The fraction of sp³-hybridized carbons (Fsp3) is 0.278. The van der Waals surface area contributed by atoms with E-state index in [0.717, 1.165) is 16.1 Å². The Morgan fingerprint density at radius 2 is 1.67 bits per heavy atom. The monoisotopic (exact) mass is 299 g/mol. The number of amides is 1. The van der Waals surface area contributed by atoms with E-state index in [-0.39, 0.29) is 5.91 Å². The van der Waals surface area contributed by atoms with Crippen molar-refractivity contribution in [3.63, 3.8) is 0 Å². The van der Waals surface area contributed by atoms with Crippen molar-refractivity contribution in [3.8, 4) is 0 Å². The molecule has 0 heterocycles. The van der Waals surface area contributed by atoms with Crippen LogP contribution in [-0.4, -0.2) is 17.7 Å². The number of anilines is 1. The van der Waals surface area contributed by atoms with Crippen LogP contribution >= 0.6 is 11.8 Å². The van der Waals surface area contributed by atoms with Crippen molar-refractivity contribution < 1.29 is 4.79 Å². The summed E-state index contributed by atoms with van der Waals surface area (Å²) in [6.07, 6.45) is 0. The molecule has 2 nitrogen and oxygen atoms in total. The number of thioether (sulfide) groups is 1. The Labute approximate surface area is 131 Å². The Hall–Kier alpha value is -1.74. The molecule has 2 aromatic rings. The van der Waals surface area contributed by atoms with Crippen LogP contribution in [0.2, 0.25) is 0 Å². The zero-order chi connectivity index (χ0) is 15.2. The summed E-state index contributed by atoms with van der Waals surface area (Å²) >= 11 is 1.73. The van der Waals surface area contributed by atoms with E-state index in [4.69, 9.17) is 0 Å². The van der Waals surface area contributed by atoms with Crippen molar-refractivity contribution in [2.75, 3.05) is 11.4 Å². The second-order valence-corrected chi connectivity index (χ2v) is 6.67. The zero-order valence-electron chi connectivity index (χ0n) is 12.7. The SMILES string of the molecule is CCN(C(=O)c1ccccc1SC(C)C)c1ccccc1. The molecule has 0 aromatic heterocycles. The fourth-order valence-corrected chi connectivity index (χ4v) is 3.14. The Bertz CT molecular complexity index is 595. The molecule has 0 radical (unpaired) electrons. The third-order valence-electron chi connectivity index (χ3n) is 3.11. The first-order valence-corrected chi connectivity index (χ1v) is 8.14. The Kier molecular flexibility index (Phi) is 5.45. The molecule has 0 aliphatic carbocycles.